The summed E-state index contributed by atoms with van der Waals surface area (Å²) in [5.41, 5.74) is 0. The topological polar surface area (TPSA) is 171 Å². The predicted octanol–water partition coefficient (Wildman–Crippen LogP) is -1.50. The van der Waals surface area contributed by atoms with Gasteiger partial charge in [-0.05, 0) is 0 Å². The monoisotopic (exact) mass is 367 g/mol. The summed E-state index contributed by atoms with van der Waals surface area (Å²) >= 11 is 0. The molecule has 0 unspecified atom stereocenters. The van der Waals surface area contributed by atoms with Crippen molar-refractivity contribution in [1.82, 2.24) is 39.9 Å². The van der Waals surface area contributed by atoms with Gasteiger partial charge in [0.15, 0.2) is 0 Å². The molecule has 11 heteroatoms. The summed E-state index contributed by atoms with van der Waals surface area (Å²) in [6.45, 7) is 0. The molecular weight excluding hydrogens is 352 g/mol. The van der Waals surface area contributed by atoms with Crippen LogP contribution in [0, 0.1) is 0 Å². The van der Waals surface area contributed by atoms with Crippen molar-refractivity contribution in [2.24, 2.45) is 0 Å². The van der Waals surface area contributed by atoms with E-state index in [1.54, 1.807) is 49.6 Å². The van der Waals surface area contributed by atoms with Gasteiger partial charge in [0.1, 0.15) is 0 Å². The smallest absolute Gasteiger partial charge is 0.450 e. The van der Waals surface area contributed by atoms with Crippen LogP contribution < -0.4 is 19.9 Å². The summed E-state index contributed by atoms with van der Waals surface area (Å²) in [6, 6.07) is 0. The second kappa shape index (κ2) is 21.6. The SMILES string of the molecule is O.O.[Cu+2].c1c[n-]cn1.c1c[n-]cn1.c1c[n-]cn1.c1c[n-]cn1. The van der Waals surface area contributed by atoms with Gasteiger partial charge in [-0.3, -0.25) is 0 Å². The molecule has 0 saturated carbocycles. The first-order chi connectivity index (χ1) is 10.0. The maximum atomic E-state index is 3.61. The minimum atomic E-state index is 0. The van der Waals surface area contributed by atoms with Crippen LogP contribution in [0.5, 0.6) is 0 Å². The van der Waals surface area contributed by atoms with Crippen molar-refractivity contribution in [3.8, 4) is 0 Å². The first kappa shape index (κ1) is 25.2. The molecule has 1 radical (unpaired) electrons. The van der Waals surface area contributed by atoms with Gasteiger partial charge in [0.2, 0.25) is 0 Å². The molecule has 0 atom stereocenters. The Morgan fingerprint density at radius 2 is 0.652 bits per heavy atom. The number of hydrogen-bond donors (Lipinski definition) is 0. The Kier molecular flexibility index (Phi) is 23.7. The molecule has 0 spiro atoms. The second-order valence-corrected chi connectivity index (χ2v) is 2.85. The Morgan fingerprint density at radius 1 is 0.435 bits per heavy atom. The molecule has 0 aliphatic rings. The van der Waals surface area contributed by atoms with Gasteiger partial charge in [-0.1, -0.05) is 74.9 Å². The number of aromatic nitrogens is 8. The van der Waals surface area contributed by atoms with E-state index in [1.165, 1.54) is 25.3 Å². The van der Waals surface area contributed by atoms with Crippen molar-refractivity contribution in [2.45, 2.75) is 0 Å². The molecule has 0 saturated heterocycles. The van der Waals surface area contributed by atoms with E-state index < -0.39 is 0 Å². The van der Waals surface area contributed by atoms with Crippen LogP contribution in [0.4, 0.5) is 0 Å². The fourth-order valence-electron chi connectivity index (χ4n) is 0.770. The fraction of sp³-hybridized carbons (Fsp3) is 0. The van der Waals surface area contributed by atoms with Gasteiger partial charge in [0, 0.05) is 0 Å². The first-order valence-corrected chi connectivity index (χ1v) is 5.46. The maximum absolute atomic E-state index is 3.61. The largest absolute Gasteiger partial charge is 2.00 e. The van der Waals surface area contributed by atoms with Crippen LogP contribution in [0.15, 0.2) is 74.9 Å². The fourth-order valence-corrected chi connectivity index (χ4v) is 0.770. The Balaban J connectivity index is -0.000000222. The van der Waals surface area contributed by atoms with E-state index >= 15 is 0 Å². The van der Waals surface area contributed by atoms with Crippen molar-refractivity contribution in [3.05, 3.63) is 74.9 Å². The van der Waals surface area contributed by atoms with Crippen molar-refractivity contribution in [2.75, 3.05) is 0 Å². The molecule has 4 aromatic heterocycles. The van der Waals surface area contributed by atoms with E-state index in [0.29, 0.717) is 0 Å². The van der Waals surface area contributed by atoms with E-state index in [2.05, 4.69) is 39.9 Å². The quantitative estimate of drug-likeness (QED) is 0.338. The Labute approximate surface area is 143 Å². The Hall–Kier alpha value is -2.72. The van der Waals surface area contributed by atoms with E-state index in [0.717, 1.165) is 0 Å². The van der Waals surface area contributed by atoms with Crippen molar-refractivity contribution < 1.29 is 28.0 Å². The summed E-state index contributed by atoms with van der Waals surface area (Å²) in [6.07, 6.45) is 19.1. The summed E-state index contributed by atoms with van der Waals surface area (Å²) in [5, 5.41) is 0. The van der Waals surface area contributed by atoms with Gasteiger partial charge in [-0.2, -0.15) is 0 Å². The zero-order chi connectivity index (χ0) is 14.1. The molecule has 4 rings (SSSR count). The van der Waals surface area contributed by atoms with Crippen molar-refractivity contribution in [3.63, 3.8) is 0 Å². The van der Waals surface area contributed by atoms with Gasteiger partial charge >= 0.3 is 17.1 Å². The normalized spacial score (nSPS) is 6.96. The standard InChI is InChI=1S/4C3H3N2.Cu.2H2O/c4*1-2-5-3-4-1;;;/h4*1-3H;;2*1H2/q4*-1;+2;;. The van der Waals surface area contributed by atoms with E-state index in [1.807, 2.05) is 0 Å². The predicted molar refractivity (Wildman–Crippen MR) is 77.5 cm³/mol. The number of rotatable bonds is 0. The molecule has 23 heavy (non-hydrogen) atoms. The van der Waals surface area contributed by atoms with Gasteiger partial charge in [-0.15, -0.1) is 0 Å². The molecule has 0 bridgehead atoms. The maximum Gasteiger partial charge on any atom is 2.00 e. The van der Waals surface area contributed by atoms with E-state index in [-0.39, 0.29) is 28.0 Å². The third kappa shape index (κ3) is 19.3. The molecule has 0 fully saturated rings. The first-order valence-electron chi connectivity index (χ1n) is 5.46. The molecule has 129 valence electrons. The molecule has 0 aliphatic carbocycles. The number of nitrogens with zero attached hydrogens (tertiary/aromatic N) is 8. The molecule has 0 aromatic carbocycles. The zero-order valence-electron chi connectivity index (χ0n) is 11.8. The van der Waals surface area contributed by atoms with Crippen LogP contribution in [0.1, 0.15) is 0 Å². The summed E-state index contributed by atoms with van der Waals surface area (Å²) in [4.78, 5) is 28.9. The summed E-state index contributed by atoms with van der Waals surface area (Å²) in [7, 11) is 0. The van der Waals surface area contributed by atoms with E-state index in [4.69, 9.17) is 0 Å². The van der Waals surface area contributed by atoms with Gasteiger partial charge in [-0.25, -0.2) is 0 Å². The van der Waals surface area contributed by atoms with Crippen LogP contribution >= 0.6 is 0 Å². The minimum absolute atomic E-state index is 0. The summed E-state index contributed by atoms with van der Waals surface area (Å²) < 4.78 is 0. The summed E-state index contributed by atoms with van der Waals surface area (Å²) in [5.74, 6) is 0. The Bertz CT molecular complexity index is 366. The van der Waals surface area contributed by atoms with Crippen LogP contribution in [-0.4, -0.2) is 30.9 Å². The van der Waals surface area contributed by atoms with Crippen LogP contribution in [0.2, 0.25) is 0 Å². The third-order valence-electron chi connectivity index (χ3n) is 1.49. The van der Waals surface area contributed by atoms with Crippen LogP contribution in [-0.2, 0) is 17.1 Å². The molecule has 0 amide bonds. The van der Waals surface area contributed by atoms with Gasteiger partial charge < -0.3 is 50.8 Å². The molecule has 4 heterocycles. The third-order valence-corrected chi connectivity index (χ3v) is 1.49. The number of imidazole rings is 4. The van der Waals surface area contributed by atoms with Gasteiger partial charge in [0.05, 0.1) is 0 Å². The molecule has 0 aliphatic heterocycles. The van der Waals surface area contributed by atoms with Crippen molar-refractivity contribution >= 4 is 0 Å². The molecule has 4 aromatic rings. The van der Waals surface area contributed by atoms with Crippen LogP contribution in [0.3, 0.4) is 0 Å². The number of hydrogen-bond acceptors (Lipinski definition) is 4. The van der Waals surface area contributed by atoms with Crippen LogP contribution in [0.25, 0.3) is 0 Å². The average molecular weight is 368 g/mol. The Morgan fingerprint density at radius 3 is 0.696 bits per heavy atom. The minimum Gasteiger partial charge on any atom is -0.450 e. The molecule has 10 nitrogen and oxygen atoms in total. The average Bonchev–Trinajstić information content (AvgIpc) is 3.40. The molecular formula is C12H16CuN8O2-2. The van der Waals surface area contributed by atoms with Gasteiger partial charge in [0.25, 0.3) is 0 Å². The van der Waals surface area contributed by atoms with Crippen molar-refractivity contribution in [1.29, 1.82) is 0 Å². The van der Waals surface area contributed by atoms with E-state index in [9.17, 15) is 0 Å². The second-order valence-electron chi connectivity index (χ2n) is 2.85. The zero-order valence-corrected chi connectivity index (χ0v) is 12.7. The molecule has 4 N–H and O–H groups in total.